The molecule has 0 atom stereocenters. The van der Waals surface area contributed by atoms with Crippen molar-refractivity contribution in [2.24, 2.45) is 0 Å². The van der Waals surface area contributed by atoms with Crippen LogP contribution in [-0.4, -0.2) is 50.1 Å². The molecule has 1 heterocycles. The number of likely N-dealkylation sites (N-methyl/N-ethyl adjacent to an activating group) is 1. The standard InChI is InChI=1S/C15H23N3O2/c1-3-18(12-10-16-11-12)9-8-15(19)17-13-6-4-5-7-14(13)20-2/h4-7,12,16H,3,8-11H2,1-2H3,(H,17,19). The van der Waals surface area contributed by atoms with Crippen molar-refractivity contribution in [3.63, 3.8) is 0 Å². The van der Waals surface area contributed by atoms with E-state index in [-0.39, 0.29) is 5.91 Å². The first-order chi connectivity index (χ1) is 9.74. The van der Waals surface area contributed by atoms with Crippen molar-refractivity contribution in [1.29, 1.82) is 0 Å². The lowest BCUT2D eigenvalue weighted by molar-refractivity contribution is -0.116. The monoisotopic (exact) mass is 277 g/mol. The Labute approximate surface area is 120 Å². The Morgan fingerprint density at radius 2 is 2.20 bits per heavy atom. The number of nitrogens with one attached hydrogen (secondary N) is 2. The van der Waals surface area contributed by atoms with Gasteiger partial charge < -0.3 is 15.4 Å². The van der Waals surface area contributed by atoms with E-state index in [9.17, 15) is 4.79 Å². The number of hydrogen-bond acceptors (Lipinski definition) is 4. The maximum Gasteiger partial charge on any atom is 0.225 e. The molecule has 1 aromatic rings. The van der Waals surface area contributed by atoms with Crippen LogP contribution in [0.25, 0.3) is 0 Å². The van der Waals surface area contributed by atoms with Gasteiger partial charge in [0.2, 0.25) is 5.91 Å². The molecule has 110 valence electrons. The summed E-state index contributed by atoms with van der Waals surface area (Å²) in [4.78, 5) is 14.4. The van der Waals surface area contributed by atoms with E-state index in [0.29, 0.717) is 18.2 Å². The summed E-state index contributed by atoms with van der Waals surface area (Å²) in [5.74, 6) is 0.719. The van der Waals surface area contributed by atoms with E-state index >= 15 is 0 Å². The highest BCUT2D eigenvalue weighted by Gasteiger charge is 2.23. The summed E-state index contributed by atoms with van der Waals surface area (Å²) in [5.41, 5.74) is 0.730. The zero-order chi connectivity index (χ0) is 14.4. The molecule has 0 aliphatic carbocycles. The number of ether oxygens (including phenoxy) is 1. The Hall–Kier alpha value is -1.59. The quantitative estimate of drug-likeness (QED) is 0.789. The Balaban J connectivity index is 1.82. The molecule has 0 bridgehead atoms. The first-order valence-electron chi connectivity index (χ1n) is 7.12. The lowest BCUT2D eigenvalue weighted by Crippen LogP contribution is -2.57. The summed E-state index contributed by atoms with van der Waals surface area (Å²) >= 11 is 0. The minimum absolute atomic E-state index is 0.0280. The van der Waals surface area contributed by atoms with Crippen molar-refractivity contribution in [3.05, 3.63) is 24.3 Å². The van der Waals surface area contributed by atoms with Gasteiger partial charge in [-0.15, -0.1) is 0 Å². The van der Waals surface area contributed by atoms with Gasteiger partial charge in [0, 0.05) is 32.1 Å². The SMILES string of the molecule is CCN(CCC(=O)Nc1ccccc1OC)C1CNC1. The Kier molecular flexibility index (Phi) is 5.38. The normalized spacial score (nSPS) is 14.9. The van der Waals surface area contributed by atoms with Crippen LogP contribution in [0.5, 0.6) is 5.75 Å². The summed E-state index contributed by atoms with van der Waals surface area (Å²) in [5, 5.41) is 6.17. The van der Waals surface area contributed by atoms with Crippen molar-refractivity contribution < 1.29 is 9.53 Å². The van der Waals surface area contributed by atoms with Crippen molar-refractivity contribution >= 4 is 11.6 Å². The average Bonchev–Trinajstić information content (AvgIpc) is 2.41. The molecular weight excluding hydrogens is 254 g/mol. The summed E-state index contributed by atoms with van der Waals surface area (Å²) in [6, 6.07) is 8.05. The maximum atomic E-state index is 12.0. The molecule has 0 radical (unpaired) electrons. The minimum atomic E-state index is 0.0280. The van der Waals surface area contributed by atoms with E-state index in [4.69, 9.17) is 4.74 Å². The van der Waals surface area contributed by atoms with Crippen LogP contribution in [0.2, 0.25) is 0 Å². The van der Waals surface area contributed by atoms with E-state index < -0.39 is 0 Å². The molecule has 5 nitrogen and oxygen atoms in total. The van der Waals surface area contributed by atoms with Gasteiger partial charge in [0.25, 0.3) is 0 Å². The highest BCUT2D eigenvalue weighted by Crippen LogP contribution is 2.23. The molecule has 2 N–H and O–H groups in total. The van der Waals surface area contributed by atoms with E-state index in [1.165, 1.54) is 0 Å². The Morgan fingerprint density at radius 3 is 2.80 bits per heavy atom. The molecular formula is C15H23N3O2. The molecule has 1 aromatic carbocycles. The highest BCUT2D eigenvalue weighted by molar-refractivity contribution is 5.92. The number of anilines is 1. The molecule has 0 spiro atoms. The van der Waals surface area contributed by atoms with Crippen molar-refractivity contribution in [2.45, 2.75) is 19.4 Å². The molecule has 0 unspecified atom stereocenters. The second-order valence-electron chi connectivity index (χ2n) is 4.94. The van der Waals surface area contributed by atoms with Gasteiger partial charge in [-0.25, -0.2) is 0 Å². The van der Waals surface area contributed by atoms with Crippen LogP contribution in [-0.2, 0) is 4.79 Å². The van der Waals surface area contributed by atoms with Crippen molar-refractivity contribution in [2.75, 3.05) is 38.6 Å². The third-order valence-electron chi connectivity index (χ3n) is 3.69. The summed E-state index contributed by atoms with van der Waals surface area (Å²) in [6.07, 6.45) is 0.502. The second-order valence-corrected chi connectivity index (χ2v) is 4.94. The van der Waals surface area contributed by atoms with Crippen LogP contribution in [0.15, 0.2) is 24.3 Å². The number of nitrogens with zero attached hydrogens (tertiary/aromatic N) is 1. The van der Waals surface area contributed by atoms with Crippen LogP contribution >= 0.6 is 0 Å². The molecule has 0 aromatic heterocycles. The second kappa shape index (κ2) is 7.26. The topological polar surface area (TPSA) is 53.6 Å². The summed E-state index contributed by atoms with van der Waals surface area (Å²) in [6.45, 7) is 5.97. The Bertz CT molecular complexity index is 446. The lowest BCUT2D eigenvalue weighted by atomic mass is 10.1. The number of amides is 1. The highest BCUT2D eigenvalue weighted by atomic mass is 16.5. The first kappa shape index (κ1) is 14.8. The van der Waals surface area contributed by atoms with Crippen molar-refractivity contribution in [1.82, 2.24) is 10.2 Å². The molecule has 1 aliphatic rings. The molecule has 1 saturated heterocycles. The van der Waals surface area contributed by atoms with Gasteiger partial charge >= 0.3 is 0 Å². The summed E-state index contributed by atoms with van der Waals surface area (Å²) < 4.78 is 5.22. The van der Waals surface area contributed by atoms with E-state index in [2.05, 4.69) is 22.5 Å². The van der Waals surface area contributed by atoms with Crippen molar-refractivity contribution in [3.8, 4) is 5.75 Å². The predicted octanol–water partition coefficient (Wildman–Crippen LogP) is 1.32. The molecule has 1 aliphatic heterocycles. The third kappa shape index (κ3) is 3.71. The van der Waals surface area contributed by atoms with Crippen LogP contribution in [0, 0.1) is 0 Å². The summed E-state index contributed by atoms with van der Waals surface area (Å²) in [7, 11) is 1.60. The first-order valence-corrected chi connectivity index (χ1v) is 7.12. The van der Waals surface area contributed by atoms with E-state index in [0.717, 1.165) is 31.9 Å². The zero-order valence-electron chi connectivity index (χ0n) is 12.2. The number of carbonyl (C=O) groups is 1. The fourth-order valence-electron chi connectivity index (χ4n) is 2.34. The number of hydrogen-bond donors (Lipinski definition) is 2. The largest absolute Gasteiger partial charge is 0.495 e. The minimum Gasteiger partial charge on any atom is -0.495 e. The average molecular weight is 277 g/mol. The molecule has 1 amide bonds. The van der Waals surface area contributed by atoms with E-state index in [1.54, 1.807) is 7.11 Å². The lowest BCUT2D eigenvalue weighted by Gasteiger charge is -2.37. The maximum absolute atomic E-state index is 12.0. The number of methoxy groups -OCH3 is 1. The smallest absolute Gasteiger partial charge is 0.225 e. The van der Waals surface area contributed by atoms with Crippen LogP contribution in [0.1, 0.15) is 13.3 Å². The van der Waals surface area contributed by atoms with Crippen LogP contribution in [0.3, 0.4) is 0 Å². The number of benzene rings is 1. The molecule has 0 saturated carbocycles. The fourth-order valence-corrected chi connectivity index (χ4v) is 2.34. The van der Waals surface area contributed by atoms with Crippen LogP contribution < -0.4 is 15.4 Å². The predicted molar refractivity (Wildman–Crippen MR) is 80.1 cm³/mol. The van der Waals surface area contributed by atoms with E-state index in [1.807, 2.05) is 24.3 Å². The van der Waals surface area contributed by atoms with Gasteiger partial charge in [0.1, 0.15) is 5.75 Å². The molecule has 20 heavy (non-hydrogen) atoms. The van der Waals surface area contributed by atoms with Gasteiger partial charge in [-0.1, -0.05) is 19.1 Å². The van der Waals surface area contributed by atoms with Crippen LogP contribution in [0.4, 0.5) is 5.69 Å². The van der Waals surface area contributed by atoms with Gasteiger partial charge in [-0.3, -0.25) is 9.69 Å². The molecule has 1 fully saturated rings. The molecule has 5 heteroatoms. The van der Waals surface area contributed by atoms with Gasteiger partial charge in [-0.2, -0.15) is 0 Å². The molecule has 2 rings (SSSR count). The van der Waals surface area contributed by atoms with Gasteiger partial charge in [0.15, 0.2) is 0 Å². The zero-order valence-corrected chi connectivity index (χ0v) is 12.2. The Morgan fingerprint density at radius 1 is 1.45 bits per heavy atom. The third-order valence-corrected chi connectivity index (χ3v) is 3.69. The number of para-hydroxylation sites is 2. The fraction of sp³-hybridized carbons (Fsp3) is 0.533. The number of rotatable bonds is 7. The van der Waals surface area contributed by atoms with Gasteiger partial charge in [0.05, 0.1) is 12.8 Å². The number of carbonyl (C=O) groups excluding carboxylic acids is 1. The van der Waals surface area contributed by atoms with Gasteiger partial charge in [-0.05, 0) is 18.7 Å².